The minimum Gasteiger partial charge on any atom is -0.319 e. The Morgan fingerprint density at radius 3 is 2.65 bits per heavy atom. The third-order valence-corrected chi connectivity index (χ3v) is 3.72. The van der Waals surface area contributed by atoms with Crippen LogP contribution in [0, 0.1) is 5.92 Å². The Balaban J connectivity index is 2.90. The van der Waals surface area contributed by atoms with E-state index >= 15 is 0 Å². The molecule has 1 aliphatic rings. The highest BCUT2D eigenvalue weighted by atomic mass is 32.2. The Hall–Kier alpha value is -1.04. The Labute approximate surface area is 105 Å². The number of hydrogen-bond acceptors (Lipinski definition) is 4. The highest BCUT2D eigenvalue weighted by Crippen LogP contribution is 2.21. The summed E-state index contributed by atoms with van der Waals surface area (Å²) in [6.07, 6.45) is 1.92. The first-order valence-electron chi connectivity index (χ1n) is 5.45. The number of nitrogens with one attached hydrogen (secondary N) is 1. The number of rotatable bonds is 3. The van der Waals surface area contributed by atoms with Crippen molar-refractivity contribution in [2.45, 2.75) is 26.3 Å². The quantitative estimate of drug-likeness (QED) is 0.737. The van der Waals surface area contributed by atoms with E-state index in [0.717, 1.165) is 0 Å². The first-order valence-corrected chi connectivity index (χ1v) is 6.84. The maximum absolute atomic E-state index is 12.2. The van der Waals surface area contributed by atoms with E-state index in [9.17, 15) is 14.4 Å². The third kappa shape index (κ3) is 2.80. The van der Waals surface area contributed by atoms with Crippen molar-refractivity contribution in [3.63, 3.8) is 0 Å². The topological polar surface area (TPSA) is 66.5 Å². The zero-order chi connectivity index (χ0) is 13.2. The van der Waals surface area contributed by atoms with E-state index in [0.29, 0.717) is 5.75 Å². The number of nitrogens with zero attached hydrogens (tertiary/aromatic N) is 1. The van der Waals surface area contributed by atoms with Crippen molar-refractivity contribution in [1.82, 2.24) is 10.2 Å². The second kappa shape index (κ2) is 5.08. The normalized spacial score (nSPS) is 21.1. The van der Waals surface area contributed by atoms with Crippen molar-refractivity contribution >= 4 is 29.5 Å². The van der Waals surface area contributed by atoms with E-state index in [2.05, 4.69) is 5.32 Å². The summed E-state index contributed by atoms with van der Waals surface area (Å²) in [7, 11) is 0. The summed E-state index contributed by atoms with van der Waals surface area (Å²) in [6, 6.07) is 0. The molecule has 1 aliphatic heterocycles. The maximum Gasteiger partial charge on any atom is 0.252 e. The standard InChI is InChI=1S/C11H18N2O3S/c1-7(6-17-4)9(15)13-5-8(14)12-10(16)11(13,2)3/h7H,5-6H2,1-4H3,(H,12,14,16). The lowest BCUT2D eigenvalue weighted by molar-refractivity contribution is -0.157. The second-order valence-electron chi connectivity index (χ2n) is 4.72. The van der Waals surface area contributed by atoms with Crippen LogP contribution in [0.3, 0.4) is 0 Å². The molecule has 5 nitrogen and oxygen atoms in total. The van der Waals surface area contributed by atoms with Gasteiger partial charge in [-0.1, -0.05) is 6.92 Å². The number of carbonyl (C=O) groups is 3. The fourth-order valence-corrected chi connectivity index (χ4v) is 2.37. The Kier molecular flexibility index (Phi) is 4.19. The first-order chi connectivity index (χ1) is 7.80. The number of piperazine rings is 1. The lowest BCUT2D eigenvalue weighted by Crippen LogP contribution is -2.66. The smallest absolute Gasteiger partial charge is 0.252 e. The monoisotopic (exact) mass is 258 g/mol. The van der Waals surface area contributed by atoms with Crippen molar-refractivity contribution < 1.29 is 14.4 Å². The average Bonchev–Trinajstić information content (AvgIpc) is 2.23. The van der Waals surface area contributed by atoms with Crippen LogP contribution in [-0.2, 0) is 14.4 Å². The average molecular weight is 258 g/mol. The van der Waals surface area contributed by atoms with E-state index < -0.39 is 17.4 Å². The molecule has 6 heteroatoms. The molecule has 0 bridgehead atoms. The van der Waals surface area contributed by atoms with Crippen LogP contribution >= 0.6 is 11.8 Å². The summed E-state index contributed by atoms with van der Waals surface area (Å²) < 4.78 is 0. The summed E-state index contributed by atoms with van der Waals surface area (Å²) in [5.74, 6) is -0.491. The molecule has 1 N–H and O–H groups in total. The van der Waals surface area contributed by atoms with Crippen molar-refractivity contribution in [3.05, 3.63) is 0 Å². The van der Waals surface area contributed by atoms with Crippen LogP contribution in [0.25, 0.3) is 0 Å². The lowest BCUT2D eigenvalue weighted by atomic mass is 9.96. The minimum atomic E-state index is -0.961. The molecule has 17 heavy (non-hydrogen) atoms. The molecule has 0 saturated carbocycles. The maximum atomic E-state index is 12.2. The van der Waals surface area contributed by atoms with Crippen LogP contribution in [0.5, 0.6) is 0 Å². The van der Waals surface area contributed by atoms with Gasteiger partial charge in [-0.2, -0.15) is 11.8 Å². The van der Waals surface area contributed by atoms with Gasteiger partial charge in [0.15, 0.2) is 0 Å². The van der Waals surface area contributed by atoms with Gasteiger partial charge in [0.1, 0.15) is 12.1 Å². The van der Waals surface area contributed by atoms with Crippen LogP contribution < -0.4 is 5.32 Å². The zero-order valence-electron chi connectivity index (χ0n) is 10.6. The molecule has 0 aromatic carbocycles. The molecule has 1 fully saturated rings. The van der Waals surface area contributed by atoms with Crippen LogP contribution in [0.1, 0.15) is 20.8 Å². The molecule has 96 valence electrons. The van der Waals surface area contributed by atoms with Gasteiger partial charge >= 0.3 is 0 Å². The van der Waals surface area contributed by atoms with Gasteiger partial charge in [-0.3, -0.25) is 19.7 Å². The molecule has 0 aromatic rings. The minimum absolute atomic E-state index is 0.0453. The summed E-state index contributed by atoms with van der Waals surface area (Å²) in [4.78, 5) is 36.6. The molecule has 1 atom stereocenters. The fourth-order valence-electron chi connectivity index (χ4n) is 1.72. The predicted octanol–water partition coefficient (Wildman–Crippen LogP) is 0.249. The number of amides is 3. The molecular formula is C11H18N2O3S. The van der Waals surface area contributed by atoms with Crippen LogP contribution in [0.2, 0.25) is 0 Å². The zero-order valence-corrected chi connectivity index (χ0v) is 11.4. The van der Waals surface area contributed by atoms with E-state index in [1.165, 1.54) is 4.90 Å². The molecule has 0 spiro atoms. The highest BCUT2D eigenvalue weighted by Gasteiger charge is 2.44. The lowest BCUT2D eigenvalue weighted by Gasteiger charge is -2.41. The van der Waals surface area contributed by atoms with Gasteiger partial charge in [0.25, 0.3) is 5.91 Å². The molecule has 0 aliphatic carbocycles. The number of thioether (sulfide) groups is 1. The molecule has 3 amide bonds. The van der Waals surface area contributed by atoms with Crippen LogP contribution in [0.4, 0.5) is 0 Å². The molecular weight excluding hydrogens is 240 g/mol. The summed E-state index contributed by atoms with van der Waals surface area (Å²) in [5.41, 5.74) is -0.961. The Morgan fingerprint density at radius 1 is 1.53 bits per heavy atom. The first kappa shape index (κ1) is 14.0. The van der Waals surface area contributed by atoms with Gasteiger partial charge < -0.3 is 4.90 Å². The van der Waals surface area contributed by atoms with E-state index in [-0.39, 0.29) is 18.4 Å². The van der Waals surface area contributed by atoms with E-state index in [1.54, 1.807) is 25.6 Å². The molecule has 0 aromatic heterocycles. The highest BCUT2D eigenvalue weighted by molar-refractivity contribution is 7.98. The SMILES string of the molecule is CSCC(C)C(=O)N1CC(=O)NC(=O)C1(C)C. The summed E-state index contributed by atoms with van der Waals surface area (Å²) in [5, 5.41) is 2.25. The van der Waals surface area contributed by atoms with Crippen molar-refractivity contribution in [3.8, 4) is 0 Å². The molecule has 1 rings (SSSR count). The van der Waals surface area contributed by atoms with E-state index in [1.807, 2.05) is 13.2 Å². The van der Waals surface area contributed by atoms with E-state index in [4.69, 9.17) is 0 Å². The predicted molar refractivity (Wildman–Crippen MR) is 66.5 cm³/mol. The summed E-state index contributed by atoms with van der Waals surface area (Å²) in [6.45, 7) is 5.07. The third-order valence-electron chi connectivity index (χ3n) is 2.89. The summed E-state index contributed by atoms with van der Waals surface area (Å²) >= 11 is 1.57. The van der Waals surface area contributed by atoms with Crippen LogP contribution in [-0.4, -0.2) is 46.7 Å². The van der Waals surface area contributed by atoms with Crippen LogP contribution in [0.15, 0.2) is 0 Å². The van der Waals surface area contributed by atoms with Crippen molar-refractivity contribution in [2.75, 3.05) is 18.6 Å². The Bertz CT molecular complexity index is 355. The number of carbonyl (C=O) groups excluding carboxylic acids is 3. The molecule has 1 heterocycles. The number of imide groups is 1. The second-order valence-corrected chi connectivity index (χ2v) is 5.63. The molecule has 0 radical (unpaired) electrons. The Morgan fingerprint density at radius 2 is 2.12 bits per heavy atom. The fraction of sp³-hybridized carbons (Fsp3) is 0.727. The van der Waals surface area contributed by atoms with Gasteiger partial charge in [-0.25, -0.2) is 0 Å². The van der Waals surface area contributed by atoms with Gasteiger partial charge in [-0.15, -0.1) is 0 Å². The number of hydrogen-bond donors (Lipinski definition) is 1. The van der Waals surface area contributed by atoms with Gasteiger partial charge in [0, 0.05) is 11.7 Å². The largest absolute Gasteiger partial charge is 0.319 e. The van der Waals surface area contributed by atoms with Gasteiger partial charge in [0.2, 0.25) is 11.8 Å². The van der Waals surface area contributed by atoms with Gasteiger partial charge in [-0.05, 0) is 20.1 Å². The molecule has 1 unspecified atom stereocenters. The van der Waals surface area contributed by atoms with Crippen molar-refractivity contribution in [1.29, 1.82) is 0 Å². The molecule has 1 saturated heterocycles. The van der Waals surface area contributed by atoms with Gasteiger partial charge in [0.05, 0.1) is 0 Å². The van der Waals surface area contributed by atoms with Crippen molar-refractivity contribution in [2.24, 2.45) is 5.92 Å².